The third kappa shape index (κ3) is 3.72. The third-order valence-electron chi connectivity index (χ3n) is 5.50. The number of aryl methyl sites for hydroxylation is 2. The summed E-state index contributed by atoms with van der Waals surface area (Å²) in [6, 6.07) is 3.53. The fourth-order valence-corrected chi connectivity index (χ4v) is 3.59. The lowest BCUT2D eigenvalue weighted by atomic mass is 10.2. The molecule has 3 aromatic heterocycles. The molecule has 0 bridgehead atoms. The van der Waals surface area contributed by atoms with Crippen LogP contribution in [0.15, 0.2) is 30.9 Å². The highest BCUT2D eigenvalue weighted by molar-refractivity contribution is 5.80. The molecule has 1 saturated heterocycles. The van der Waals surface area contributed by atoms with Crippen LogP contribution in [0.3, 0.4) is 0 Å². The summed E-state index contributed by atoms with van der Waals surface area (Å²) >= 11 is 0. The first-order valence-corrected chi connectivity index (χ1v) is 9.83. The van der Waals surface area contributed by atoms with Gasteiger partial charge in [-0.05, 0) is 33.8 Å². The minimum Gasteiger partial charge on any atom is -0.353 e. The van der Waals surface area contributed by atoms with Crippen LogP contribution in [0.25, 0.3) is 5.82 Å². The van der Waals surface area contributed by atoms with Crippen molar-refractivity contribution in [3.63, 3.8) is 0 Å². The van der Waals surface area contributed by atoms with Gasteiger partial charge in [-0.2, -0.15) is 5.10 Å². The molecule has 1 fully saturated rings. The Labute approximate surface area is 170 Å². The Kier molecular flexibility index (Phi) is 5.04. The van der Waals surface area contributed by atoms with Gasteiger partial charge in [-0.25, -0.2) is 15.0 Å². The van der Waals surface area contributed by atoms with E-state index in [-0.39, 0.29) is 11.9 Å². The molecule has 9 nitrogen and oxygen atoms in total. The predicted molar refractivity (Wildman–Crippen MR) is 109 cm³/mol. The van der Waals surface area contributed by atoms with E-state index in [1.807, 2.05) is 55.5 Å². The van der Waals surface area contributed by atoms with E-state index in [4.69, 9.17) is 0 Å². The van der Waals surface area contributed by atoms with E-state index in [0.717, 1.165) is 36.1 Å². The van der Waals surface area contributed by atoms with Crippen molar-refractivity contribution in [3.05, 3.63) is 48.1 Å². The summed E-state index contributed by atoms with van der Waals surface area (Å²) in [7, 11) is 0. The molecule has 1 unspecified atom stereocenters. The zero-order chi connectivity index (χ0) is 20.5. The molecule has 3 aromatic rings. The first-order chi connectivity index (χ1) is 13.9. The van der Waals surface area contributed by atoms with Gasteiger partial charge in [0, 0.05) is 50.3 Å². The number of hydrogen-bond acceptors (Lipinski definition) is 6. The van der Waals surface area contributed by atoms with Gasteiger partial charge in [0.2, 0.25) is 5.91 Å². The van der Waals surface area contributed by atoms with Gasteiger partial charge in [0.15, 0.2) is 0 Å². The van der Waals surface area contributed by atoms with Gasteiger partial charge in [-0.1, -0.05) is 0 Å². The van der Waals surface area contributed by atoms with E-state index in [1.54, 1.807) is 17.2 Å². The molecule has 4 rings (SSSR count). The van der Waals surface area contributed by atoms with E-state index < -0.39 is 0 Å². The lowest BCUT2D eigenvalue weighted by Gasteiger charge is -2.36. The topological polar surface area (TPSA) is 85.0 Å². The maximum atomic E-state index is 12.8. The molecule has 9 heteroatoms. The molecule has 0 radical (unpaired) electrons. The summed E-state index contributed by atoms with van der Waals surface area (Å²) in [6.45, 7) is 10.6. The van der Waals surface area contributed by atoms with Crippen molar-refractivity contribution < 1.29 is 4.79 Å². The Morgan fingerprint density at radius 3 is 2.41 bits per heavy atom. The van der Waals surface area contributed by atoms with E-state index in [9.17, 15) is 4.79 Å². The van der Waals surface area contributed by atoms with Crippen LogP contribution < -0.4 is 4.90 Å². The molecule has 4 heterocycles. The summed E-state index contributed by atoms with van der Waals surface area (Å²) in [5, 5.41) is 4.19. The number of carbonyl (C=O) groups excluding carboxylic acids is 1. The van der Waals surface area contributed by atoms with Crippen LogP contribution in [0.4, 0.5) is 5.82 Å². The lowest BCUT2D eigenvalue weighted by molar-refractivity contribution is -0.134. The SMILES string of the molecule is Cc1nc(N2CCN(C(=O)C(C)n3cccn3)CC2)cc(-n2cnc(C)c2C)n1. The van der Waals surface area contributed by atoms with Gasteiger partial charge in [0.05, 0.1) is 5.69 Å². The van der Waals surface area contributed by atoms with Crippen LogP contribution in [-0.4, -0.2) is 66.3 Å². The Hall–Kier alpha value is -3.23. The van der Waals surface area contributed by atoms with Gasteiger partial charge >= 0.3 is 0 Å². The molecule has 1 aliphatic heterocycles. The fraction of sp³-hybridized carbons (Fsp3) is 0.450. The van der Waals surface area contributed by atoms with Gasteiger partial charge in [-0.15, -0.1) is 0 Å². The molecule has 0 spiro atoms. The Morgan fingerprint density at radius 2 is 1.79 bits per heavy atom. The average Bonchev–Trinajstić information content (AvgIpc) is 3.37. The van der Waals surface area contributed by atoms with Crippen molar-refractivity contribution in [3.8, 4) is 5.82 Å². The van der Waals surface area contributed by atoms with Crippen LogP contribution in [-0.2, 0) is 4.79 Å². The molecule has 0 N–H and O–H groups in total. The van der Waals surface area contributed by atoms with Crippen LogP contribution in [0.5, 0.6) is 0 Å². The molecule has 1 amide bonds. The summed E-state index contributed by atoms with van der Waals surface area (Å²) in [5.74, 6) is 2.51. The Balaban J connectivity index is 1.47. The van der Waals surface area contributed by atoms with E-state index in [1.165, 1.54) is 0 Å². The monoisotopic (exact) mass is 394 g/mol. The Bertz CT molecular complexity index is 1000. The standard InChI is InChI=1S/C20H26N8O/c1-14-15(2)27(13-21-14)19-12-18(23-17(4)24-19)25-8-10-26(11-9-25)20(29)16(3)28-7-5-6-22-28/h5-7,12-13,16H,8-11H2,1-4H3. The van der Waals surface area contributed by atoms with Gasteiger partial charge in [0.25, 0.3) is 0 Å². The second-order valence-corrected chi connectivity index (χ2v) is 7.39. The number of aromatic nitrogens is 6. The quantitative estimate of drug-likeness (QED) is 0.670. The zero-order valence-electron chi connectivity index (χ0n) is 17.3. The van der Waals surface area contributed by atoms with E-state index in [0.29, 0.717) is 18.9 Å². The molecular formula is C20H26N8O. The molecule has 152 valence electrons. The van der Waals surface area contributed by atoms with Crippen LogP contribution in [0, 0.1) is 20.8 Å². The number of nitrogens with zero attached hydrogens (tertiary/aromatic N) is 8. The summed E-state index contributed by atoms with van der Waals surface area (Å²) < 4.78 is 3.68. The normalized spacial score (nSPS) is 15.6. The highest BCUT2D eigenvalue weighted by atomic mass is 16.2. The minimum atomic E-state index is -0.295. The molecule has 29 heavy (non-hydrogen) atoms. The summed E-state index contributed by atoms with van der Waals surface area (Å²) in [6.07, 6.45) is 5.31. The third-order valence-corrected chi connectivity index (χ3v) is 5.50. The van der Waals surface area contributed by atoms with Crippen molar-refractivity contribution in [1.29, 1.82) is 0 Å². The van der Waals surface area contributed by atoms with Gasteiger partial charge < -0.3 is 9.80 Å². The second kappa shape index (κ2) is 7.65. The van der Waals surface area contributed by atoms with Crippen molar-refractivity contribution in [1.82, 2.24) is 34.2 Å². The maximum absolute atomic E-state index is 12.8. The van der Waals surface area contributed by atoms with E-state index >= 15 is 0 Å². The minimum absolute atomic E-state index is 0.0948. The first-order valence-electron chi connectivity index (χ1n) is 9.83. The molecule has 0 aromatic carbocycles. The van der Waals surface area contributed by atoms with Crippen molar-refractivity contribution in [2.24, 2.45) is 0 Å². The molecule has 1 aliphatic rings. The number of rotatable bonds is 4. The van der Waals surface area contributed by atoms with E-state index in [2.05, 4.69) is 25.0 Å². The fourth-order valence-electron chi connectivity index (χ4n) is 3.59. The molecule has 1 atom stereocenters. The predicted octanol–water partition coefficient (Wildman–Crippen LogP) is 1.69. The zero-order valence-corrected chi connectivity index (χ0v) is 17.3. The summed E-state index contributed by atoms with van der Waals surface area (Å²) in [5.41, 5.74) is 2.05. The van der Waals surface area contributed by atoms with Gasteiger partial charge in [-0.3, -0.25) is 14.0 Å². The number of carbonyl (C=O) groups is 1. The van der Waals surface area contributed by atoms with Crippen LogP contribution in [0.1, 0.15) is 30.2 Å². The first kappa shape index (κ1) is 19.1. The smallest absolute Gasteiger partial charge is 0.247 e. The summed E-state index contributed by atoms with van der Waals surface area (Å²) in [4.78, 5) is 30.5. The van der Waals surface area contributed by atoms with Crippen molar-refractivity contribution in [2.75, 3.05) is 31.1 Å². The highest BCUT2D eigenvalue weighted by Gasteiger charge is 2.27. The largest absolute Gasteiger partial charge is 0.353 e. The highest BCUT2D eigenvalue weighted by Crippen LogP contribution is 2.20. The van der Waals surface area contributed by atoms with Crippen molar-refractivity contribution >= 4 is 11.7 Å². The molecular weight excluding hydrogens is 368 g/mol. The van der Waals surface area contributed by atoms with Crippen LogP contribution >= 0.6 is 0 Å². The second-order valence-electron chi connectivity index (χ2n) is 7.39. The molecule has 0 saturated carbocycles. The molecule has 0 aliphatic carbocycles. The Morgan fingerprint density at radius 1 is 1.07 bits per heavy atom. The number of imidazole rings is 1. The van der Waals surface area contributed by atoms with Crippen molar-refractivity contribution in [2.45, 2.75) is 33.7 Å². The maximum Gasteiger partial charge on any atom is 0.247 e. The number of piperazine rings is 1. The average molecular weight is 394 g/mol. The van der Waals surface area contributed by atoms with Crippen LogP contribution in [0.2, 0.25) is 0 Å². The number of hydrogen-bond donors (Lipinski definition) is 0. The lowest BCUT2D eigenvalue weighted by Crippen LogP contribution is -2.50. The van der Waals surface area contributed by atoms with Gasteiger partial charge in [0.1, 0.15) is 29.8 Å². The number of anilines is 1. The number of amides is 1.